The van der Waals surface area contributed by atoms with Crippen LogP contribution in [0.25, 0.3) is 0 Å². The second kappa shape index (κ2) is 11.2. The molecule has 1 fully saturated rings. The molecule has 9 heteroatoms. The van der Waals surface area contributed by atoms with Gasteiger partial charge in [-0.1, -0.05) is 58.4 Å². The highest BCUT2D eigenvalue weighted by Gasteiger charge is 2.53. The zero-order valence-corrected chi connectivity index (χ0v) is 21.9. The number of amides is 2. The van der Waals surface area contributed by atoms with Crippen LogP contribution in [0.15, 0.2) is 59.1 Å². The van der Waals surface area contributed by atoms with Crippen LogP contribution < -0.4 is 10.6 Å². The van der Waals surface area contributed by atoms with Gasteiger partial charge >= 0.3 is 12.1 Å². The highest BCUT2D eigenvalue weighted by atomic mass is 79.9. The second-order valence-corrected chi connectivity index (χ2v) is 10.3. The zero-order valence-electron chi connectivity index (χ0n) is 20.3. The van der Waals surface area contributed by atoms with E-state index in [4.69, 9.17) is 14.2 Å². The molecule has 2 aromatic carbocycles. The Morgan fingerprint density at radius 2 is 1.77 bits per heavy atom. The quantitative estimate of drug-likeness (QED) is 0.507. The number of halogens is 1. The van der Waals surface area contributed by atoms with E-state index in [9.17, 15) is 14.4 Å². The maximum Gasteiger partial charge on any atom is 0.408 e. The van der Waals surface area contributed by atoms with E-state index >= 15 is 0 Å². The summed E-state index contributed by atoms with van der Waals surface area (Å²) in [6.45, 7) is 5.45. The van der Waals surface area contributed by atoms with Crippen LogP contribution in [0.2, 0.25) is 0 Å². The summed E-state index contributed by atoms with van der Waals surface area (Å²) in [7, 11) is 1.27. The molecule has 0 bridgehead atoms. The number of nitrogens with one attached hydrogen (secondary N) is 2. The van der Waals surface area contributed by atoms with E-state index < -0.39 is 41.3 Å². The largest absolute Gasteiger partial charge is 0.467 e. The molecule has 0 aliphatic carbocycles. The van der Waals surface area contributed by atoms with Crippen molar-refractivity contribution >= 4 is 33.9 Å². The van der Waals surface area contributed by atoms with E-state index in [0.29, 0.717) is 5.56 Å². The minimum atomic E-state index is -1.50. The summed E-state index contributed by atoms with van der Waals surface area (Å²) in [6, 6.07) is 15.6. The SMILES string of the molecule is COC(=O)[C@@H](Cc1ccccc1)NC(=O)[C@@]1(NC(=O)OC(C)(C)C)CCO[C@H]1c1ccc(Br)cc1. The normalized spacial score (nSPS) is 20.5. The third-order valence-corrected chi connectivity index (χ3v) is 6.13. The molecule has 2 N–H and O–H groups in total. The number of rotatable bonds is 7. The third-order valence-electron chi connectivity index (χ3n) is 5.60. The first-order valence-corrected chi connectivity index (χ1v) is 12.1. The van der Waals surface area contributed by atoms with E-state index in [0.717, 1.165) is 10.0 Å². The maximum absolute atomic E-state index is 13.9. The molecular weight excluding hydrogens is 516 g/mol. The van der Waals surface area contributed by atoms with Crippen LogP contribution in [0.5, 0.6) is 0 Å². The topological polar surface area (TPSA) is 103 Å². The highest BCUT2D eigenvalue weighted by molar-refractivity contribution is 9.10. The van der Waals surface area contributed by atoms with Crippen molar-refractivity contribution in [2.75, 3.05) is 13.7 Å². The van der Waals surface area contributed by atoms with Gasteiger partial charge in [0.2, 0.25) is 5.91 Å². The summed E-state index contributed by atoms with van der Waals surface area (Å²) in [6.07, 6.45) is -1.13. The molecule has 3 rings (SSSR count). The van der Waals surface area contributed by atoms with Gasteiger partial charge in [0.15, 0.2) is 5.54 Å². The molecule has 0 saturated carbocycles. The molecule has 8 nitrogen and oxygen atoms in total. The Hall–Kier alpha value is -2.91. The molecule has 35 heavy (non-hydrogen) atoms. The van der Waals surface area contributed by atoms with Crippen molar-refractivity contribution in [3.63, 3.8) is 0 Å². The molecule has 0 radical (unpaired) electrons. The lowest BCUT2D eigenvalue weighted by Crippen LogP contribution is -2.63. The van der Waals surface area contributed by atoms with Gasteiger partial charge in [-0.15, -0.1) is 0 Å². The Kier molecular flexibility index (Phi) is 8.56. The van der Waals surface area contributed by atoms with Gasteiger partial charge in [0.25, 0.3) is 0 Å². The minimum Gasteiger partial charge on any atom is -0.467 e. The molecule has 2 amide bonds. The summed E-state index contributed by atoms with van der Waals surface area (Å²) >= 11 is 3.41. The first kappa shape index (κ1) is 26.7. The summed E-state index contributed by atoms with van der Waals surface area (Å²) in [5.74, 6) is -1.14. The molecule has 3 atom stereocenters. The first-order chi connectivity index (χ1) is 16.5. The number of carbonyl (C=O) groups excluding carboxylic acids is 3. The Morgan fingerprint density at radius 3 is 2.37 bits per heavy atom. The van der Waals surface area contributed by atoms with E-state index in [1.165, 1.54) is 7.11 Å². The minimum absolute atomic E-state index is 0.192. The molecule has 0 unspecified atom stereocenters. The van der Waals surface area contributed by atoms with E-state index in [-0.39, 0.29) is 19.4 Å². The number of carbonyl (C=O) groups is 3. The molecular formula is C26H31BrN2O6. The van der Waals surface area contributed by atoms with Crippen LogP contribution in [0.3, 0.4) is 0 Å². The molecule has 188 valence electrons. The Bertz CT molecular complexity index is 1040. The number of methoxy groups -OCH3 is 1. The molecule has 2 aromatic rings. The smallest absolute Gasteiger partial charge is 0.408 e. The van der Waals surface area contributed by atoms with Crippen molar-refractivity contribution in [1.82, 2.24) is 10.6 Å². The van der Waals surface area contributed by atoms with Gasteiger partial charge in [0, 0.05) is 17.3 Å². The lowest BCUT2D eigenvalue weighted by atomic mass is 9.85. The Balaban J connectivity index is 1.95. The van der Waals surface area contributed by atoms with Crippen LogP contribution in [-0.2, 0) is 30.2 Å². The van der Waals surface area contributed by atoms with Gasteiger partial charge in [-0.2, -0.15) is 0 Å². The summed E-state index contributed by atoms with van der Waals surface area (Å²) < 4.78 is 17.2. The zero-order chi connectivity index (χ0) is 25.6. The van der Waals surface area contributed by atoms with Crippen molar-refractivity contribution < 1.29 is 28.6 Å². The number of alkyl carbamates (subject to hydrolysis) is 1. The monoisotopic (exact) mass is 546 g/mol. The molecule has 1 saturated heterocycles. The van der Waals surface area contributed by atoms with Crippen molar-refractivity contribution in [2.45, 2.75) is 56.9 Å². The maximum atomic E-state index is 13.9. The molecule has 0 aromatic heterocycles. The van der Waals surface area contributed by atoms with Crippen molar-refractivity contribution in [3.8, 4) is 0 Å². The number of ether oxygens (including phenoxy) is 3. The van der Waals surface area contributed by atoms with Crippen LogP contribution in [0.1, 0.15) is 44.4 Å². The average molecular weight is 547 g/mol. The number of benzene rings is 2. The number of hydrogen-bond donors (Lipinski definition) is 2. The molecule has 1 aliphatic heterocycles. The van der Waals surface area contributed by atoms with Crippen LogP contribution in [0.4, 0.5) is 4.79 Å². The molecule has 1 aliphatic rings. The molecule has 0 spiro atoms. The number of hydrogen-bond acceptors (Lipinski definition) is 6. The van der Waals surface area contributed by atoms with Crippen molar-refractivity contribution in [2.24, 2.45) is 0 Å². The van der Waals surface area contributed by atoms with Gasteiger partial charge < -0.3 is 24.8 Å². The average Bonchev–Trinajstić information content (AvgIpc) is 3.22. The fraction of sp³-hybridized carbons (Fsp3) is 0.423. The Morgan fingerprint density at radius 1 is 1.11 bits per heavy atom. The number of esters is 1. The summed E-state index contributed by atoms with van der Waals surface area (Å²) in [5.41, 5.74) is -0.714. The fourth-order valence-corrected chi connectivity index (χ4v) is 4.27. The van der Waals surface area contributed by atoms with E-state index in [2.05, 4.69) is 26.6 Å². The van der Waals surface area contributed by atoms with Gasteiger partial charge in [-0.3, -0.25) is 4.79 Å². The summed E-state index contributed by atoms with van der Waals surface area (Å²) in [5, 5.41) is 5.58. The van der Waals surface area contributed by atoms with Crippen LogP contribution >= 0.6 is 15.9 Å². The lowest BCUT2D eigenvalue weighted by molar-refractivity contribution is -0.146. The van der Waals surface area contributed by atoms with Crippen LogP contribution in [0, 0.1) is 0 Å². The second-order valence-electron chi connectivity index (χ2n) is 9.39. The van der Waals surface area contributed by atoms with Gasteiger partial charge in [0.1, 0.15) is 17.7 Å². The van der Waals surface area contributed by atoms with E-state index in [1.807, 2.05) is 54.6 Å². The van der Waals surface area contributed by atoms with Gasteiger partial charge in [-0.05, 0) is 44.0 Å². The Labute approximate surface area is 213 Å². The lowest BCUT2D eigenvalue weighted by Gasteiger charge is -2.35. The predicted molar refractivity (Wildman–Crippen MR) is 134 cm³/mol. The van der Waals surface area contributed by atoms with Crippen molar-refractivity contribution in [3.05, 3.63) is 70.2 Å². The van der Waals surface area contributed by atoms with E-state index in [1.54, 1.807) is 20.8 Å². The fourth-order valence-electron chi connectivity index (χ4n) is 4.00. The van der Waals surface area contributed by atoms with Crippen LogP contribution in [-0.4, -0.2) is 48.9 Å². The summed E-state index contributed by atoms with van der Waals surface area (Å²) in [4.78, 5) is 39.3. The standard InChI is InChI=1S/C26H31BrN2O6/c1-25(2,3)35-24(32)29-26(14-15-34-21(26)18-10-12-19(27)13-11-18)23(31)28-20(22(30)33-4)16-17-8-6-5-7-9-17/h5-13,20-21H,14-16H2,1-4H3,(H,28,31)(H,29,32)/t20-,21+,26-/m1/s1. The van der Waals surface area contributed by atoms with Gasteiger partial charge in [-0.25, -0.2) is 9.59 Å². The van der Waals surface area contributed by atoms with Crippen molar-refractivity contribution in [1.29, 1.82) is 0 Å². The van der Waals surface area contributed by atoms with Gasteiger partial charge in [0.05, 0.1) is 13.7 Å². The molecule has 1 heterocycles. The predicted octanol–water partition coefficient (Wildman–Crippen LogP) is 4.07. The third kappa shape index (κ3) is 6.82. The first-order valence-electron chi connectivity index (χ1n) is 11.3. The highest BCUT2D eigenvalue weighted by Crippen LogP contribution is 2.39.